The van der Waals surface area contributed by atoms with Crippen LogP contribution in [0.2, 0.25) is 0 Å². The molecular formula is C11H15BrN2O2S. The first-order valence-electron chi connectivity index (χ1n) is 5.76. The van der Waals surface area contributed by atoms with Crippen molar-refractivity contribution in [2.75, 3.05) is 18.1 Å². The number of hydrogen-bond donors (Lipinski definition) is 0. The normalized spacial score (nSPS) is 20.4. The van der Waals surface area contributed by atoms with Crippen molar-refractivity contribution in [3.8, 4) is 0 Å². The van der Waals surface area contributed by atoms with Crippen molar-refractivity contribution in [3.63, 3.8) is 0 Å². The monoisotopic (exact) mass is 318 g/mol. The largest absolute Gasteiger partial charge is 0.464 e. The van der Waals surface area contributed by atoms with Gasteiger partial charge in [0.15, 0.2) is 5.13 Å². The molecule has 0 amide bonds. The topological polar surface area (TPSA) is 42.4 Å². The lowest BCUT2D eigenvalue weighted by atomic mass is 10.0. The highest BCUT2D eigenvalue weighted by atomic mass is 79.9. The van der Waals surface area contributed by atoms with Crippen LogP contribution < -0.4 is 4.90 Å². The summed E-state index contributed by atoms with van der Waals surface area (Å²) in [7, 11) is 0. The Labute approximate surface area is 113 Å². The van der Waals surface area contributed by atoms with E-state index in [0.717, 1.165) is 35.5 Å². The third-order valence-corrected chi connectivity index (χ3v) is 4.36. The lowest BCUT2D eigenvalue weighted by Crippen LogP contribution is -2.45. The van der Waals surface area contributed by atoms with Crippen molar-refractivity contribution in [3.05, 3.63) is 9.98 Å². The molecular weight excluding hydrogens is 304 g/mol. The van der Waals surface area contributed by atoms with Gasteiger partial charge in [0.05, 0.1) is 6.61 Å². The molecule has 0 bridgehead atoms. The van der Waals surface area contributed by atoms with Crippen molar-refractivity contribution in [2.45, 2.75) is 32.2 Å². The highest BCUT2D eigenvalue weighted by Crippen LogP contribution is 2.29. The Morgan fingerprint density at radius 2 is 2.53 bits per heavy atom. The highest BCUT2D eigenvalue weighted by Gasteiger charge is 2.31. The first kappa shape index (κ1) is 12.8. The molecule has 1 aromatic heterocycles. The molecule has 6 heteroatoms. The van der Waals surface area contributed by atoms with Crippen LogP contribution in [0.5, 0.6) is 0 Å². The summed E-state index contributed by atoms with van der Waals surface area (Å²) in [6, 6.07) is -0.165. The zero-order chi connectivity index (χ0) is 12.3. The van der Waals surface area contributed by atoms with Crippen LogP contribution in [0.15, 0.2) is 9.98 Å². The van der Waals surface area contributed by atoms with E-state index in [-0.39, 0.29) is 12.0 Å². The summed E-state index contributed by atoms with van der Waals surface area (Å²) >= 11 is 4.90. The molecule has 1 aliphatic heterocycles. The average Bonchev–Trinajstić information content (AvgIpc) is 2.76. The third-order valence-electron chi connectivity index (χ3n) is 2.77. The smallest absolute Gasteiger partial charge is 0.328 e. The fourth-order valence-corrected chi connectivity index (χ4v) is 3.35. The minimum Gasteiger partial charge on any atom is -0.464 e. The minimum absolute atomic E-state index is 0.126. The Bertz CT molecular complexity index is 397. The van der Waals surface area contributed by atoms with E-state index < -0.39 is 0 Å². The van der Waals surface area contributed by atoms with Crippen molar-refractivity contribution >= 4 is 38.4 Å². The molecule has 4 nitrogen and oxygen atoms in total. The molecule has 0 aliphatic carbocycles. The first-order chi connectivity index (χ1) is 8.22. The zero-order valence-electron chi connectivity index (χ0n) is 9.69. The quantitative estimate of drug-likeness (QED) is 0.804. The lowest BCUT2D eigenvalue weighted by Gasteiger charge is -2.33. The Hall–Kier alpha value is -0.620. The summed E-state index contributed by atoms with van der Waals surface area (Å²) in [5.74, 6) is -0.126. The SMILES string of the molecule is CCOC(=O)C1CCCCN1c1nc(Br)cs1. The number of nitrogens with zero attached hydrogens (tertiary/aromatic N) is 2. The number of anilines is 1. The summed E-state index contributed by atoms with van der Waals surface area (Å²) in [5, 5.41) is 2.83. The number of carbonyl (C=O) groups is 1. The van der Waals surface area contributed by atoms with Gasteiger partial charge < -0.3 is 9.64 Å². The lowest BCUT2D eigenvalue weighted by molar-refractivity contribution is -0.145. The van der Waals surface area contributed by atoms with E-state index in [2.05, 4.69) is 25.8 Å². The molecule has 94 valence electrons. The molecule has 1 fully saturated rings. The van der Waals surface area contributed by atoms with Gasteiger partial charge in [0.2, 0.25) is 0 Å². The molecule has 0 N–H and O–H groups in total. The van der Waals surface area contributed by atoms with E-state index in [4.69, 9.17) is 4.74 Å². The number of carbonyl (C=O) groups excluding carboxylic acids is 1. The summed E-state index contributed by atoms with van der Waals surface area (Å²) in [5.41, 5.74) is 0. The van der Waals surface area contributed by atoms with Crippen LogP contribution in [-0.4, -0.2) is 30.1 Å². The van der Waals surface area contributed by atoms with E-state index in [9.17, 15) is 4.79 Å². The molecule has 1 saturated heterocycles. The number of halogens is 1. The van der Waals surface area contributed by atoms with Crippen LogP contribution in [0.4, 0.5) is 5.13 Å². The van der Waals surface area contributed by atoms with Crippen LogP contribution >= 0.6 is 27.3 Å². The molecule has 1 aromatic rings. The van der Waals surface area contributed by atoms with Crippen molar-refractivity contribution in [1.82, 2.24) is 4.98 Å². The van der Waals surface area contributed by atoms with E-state index in [0.29, 0.717) is 6.61 Å². The van der Waals surface area contributed by atoms with Crippen LogP contribution in [0.3, 0.4) is 0 Å². The number of rotatable bonds is 3. The van der Waals surface area contributed by atoms with Gasteiger partial charge in [-0.1, -0.05) is 0 Å². The predicted molar refractivity (Wildman–Crippen MR) is 71.4 cm³/mol. The van der Waals surface area contributed by atoms with Crippen LogP contribution in [0, 0.1) is 0 Å². The maximum atomic E-state index is 11.9. The molecule has 1 atom stereocenters. The zero-order valence-corrected chi connectivity index (χ0v) is 12.1. The molecule has 0 spiro atoms. The van der Waals surface area contributed by atoms with Crippen molar-refractivity contribution in [2.24, 2.45) is 0 Å². The first-order valence-corrected chi connectivity index (χ1v) is 7.44. The number of piperidine rings is 1. The maximum Gasteiger partial charge on any atom is 0.328 e. The van der Waals surface area contributed by atoms with Crippen LogP contribution in [0.1, 0.15) is 26.2 Å². The summed E-state index contributed by atoms with van der Waals surface area (Å²) in [6.07, 6.45) is 3.04. The summed E-state index contributed by atoms with van der Waals surface area (Å²) < 4.78 is 5.95. The second kappa shape index (κ2) is 5.82. The van der Waals surface area contributed by atoms with Crippen LogP contribution in [-0.2, 0) is 9.53 Å². The van der Waals surface area contributed by atoms with Gasteiger partial charge in [-0.3, -0.25) is 0 Å². The predicted octanol–water partition coefficient (Wildman–Crippen LogP) is 2.83. The Morgan fingerprint density at radius 1 is 1.71 bits per heavy atom. The van der Waals surface area contributed by atoms with Gasteiger partial charge in [0.1, 0.15) is 10.6 Å². The number of ether oxygens (including phenoxy) is 1. The van der Waals surface area contributed by atoms with Gasteiger partial charge in [0, 0.05) is 11.9 Å². The van der Waals surface area contributed by atoms with Gasteiger partial charge in [-0.2, -0.15) is 0 Å². The van der Waals surface area contributed by atoms with E-state index in [1.165, 1.54) is 0 Å². The fraction of sp³-hybridized carbons (Fsp3) is 0.636. The average molecular weight is 319 g/mol. The molecule has 0 aromatic carbocycles. The Kier molecular flexibility index (Phi) is 4.39. The Morgan fingerprint density at radius 3 is 3.18 bits per heavy atom. The highest BCUT2D eigenvalue weighted by molar-refractivity contribution is 9.10. The van der Waals surface area contributed by atoms with Crippen molar-refractivity contribution < 1.29 is 9.53 Å². The summed E-state index contributed by atoms with van der Waals surface area (Å²) in [4.78, 5) is 18.3. The molecule has 0 radical (unpaired) electrons. The standard InChI is InChI=1S/C11H15BrN2O2S/c1-2-16-10(15)8-5-3-4-6-14(8)11-13-9(12)7-17-11/h7-8H,2-6H2,1H3. The van der Waals surface area contributed by atoms with Gasteiger partial charge in [-0.05, 0) is 42.1 Å². The second-order valence-corrected chi connectivity index (χ2v) is 5.56. The van der Waals surface area contributed by atoms with Gasteiger partial charge >= 0.3 is 5.97 Å². The molecule has 2 rings (SSSR count). The number of esters is 1. The molecule has 1 aliphatic rings. The number of aromatic nitrogens is 1. The minimum atomic E-state index is -0.165. The van der Waals surface area contributed by atoms with E-state index >= 15 is 0 Å². The summed E-state index contributed by atoms with van der Waals surface area (Å²) in [6.45, 7) is 3.15. The second-order valence-electron chi connectivity index (χ2n) is 3.91. The van der Waals surface area contributed by atoms with Gasteiger partial charge in [-0.15, -0.1) is 11.3 Å². The molecule has 0 saturated carbocycles. The Balaban J connectivity index is 2.14. The third kappa shape index (κ3) is 2.98. The molecule has 17 heavy (non-hydrogen) atoms. The van der Waals surface area contributed by atoms with Crippen LogP contribution in [0.25, 0.3) is 0 Å². The maximum absolute atomic E-state index is 11.9. The van der Waals surface area contributed by atoms with E-state index in [1.54, 1.807) is 11.3 Å². The number of hydrogen-bond acceptors (Lipinski definition) is 5. The van der Waals surface area contributed by atoms with Gasteiger partial charge in [0.25, 0.3) is 0 Å². The molecule has 1 unspecified atom stereocenters. The van der Waals surface area contributed by atoms with Crippen molar-refractivity contribution in [1.29, 1.82) is 0 Å². The number of thiazole rings is 1. The fourth-order valence-electron chi connectivity index (χ4n) is 2.02. The molecule has 2 heterocycles. The van der Waals surface area contributed by atoms with E-state index in [1.807, 2.05) is 12.3 Å². The van der Waals surface area contributed by atoms with Gasteiger partial charge in [-0.25, -0.2) is 9.78 Å².